The molecule has 3 aromatic carbocycles. The molecule has 1 heterocycles. The molecule has 0 bridgehead atoms. The van der Waals surface area contributed by atoms with Crippen LogP contribution in [0.5, 0.6) is 11.5 Å². The zero-order valence-corrected chi connectivity index (χ0v) is 23.7. The highest BCUT2D eigenvalue weighted by molar-refractivity contribution is 9.10. The van der Waals surface area contributed by atoms with E-state index in [1.54, 1.807) is 37.6 Å². The number of methoxy groups -OCH3 is 1. The van der Waals surface area contributed by atoms with Gasteiger partial charge in [0, 0.05) is 26.0 Å². The van der Waals surface area contributed by atoms with Crippen molar-refractivity contribution in [2.75, 3.05) is 7.11 Å². The van der Waals surface area contributed by atoms with Crippen LogP contribution < -0.4 is 15.0 Å². The largest absolute Gasteiger partial charge is 0.493 e. The average molecular weight is 624 g/mol. The van der Waals surface area contributed by atoms with Gasteiger partial charge >= 0.3 is 0 Å². The highest BCUT2D eigenvalue weighted by Crippen LogP contribution is 2.34. The third-order valence-corrected chi connectivity index (χ3v) is 7.18. The minimum Gasteiger partial charge on any atom is -0.493 e. The minimum absolute atomic E-state index is 0.0305. The monoisotopic (exact) mass is 622 g/mol. The van der Waals surface area contributed by atoms with E-state index < -0.39 is 0 Å². The summed E-state index contributed by atoms with van der Waals surface area (Å²) < 4.78 is 14.4. The molecule has 0 fully saturated rings. The van der Waals surface area contributed by atoms with Crippen molar-refractivity contribution in [2.24, 2.45) is 5.10 Å². The summed E-state index contributed by atoms with van der Waals surface area (Å²) in [7, 11) is 1.55. The Bertz CT molecular complexity index is 1590. The van der Waals surface area contributed by atoms with Gasteiger partial charge in [0.1, 0.15) is 12.4 Å². The van der Waals surface area contributed by atoms with Gasteiger partial charge in [-0.2, -0.15) is 15.0 Å². The Hall–Kier alpha value is -3.48. The van der Waals surface area contributed by atoms with Crippen molar-refractivity contribution < 1.29 is 9.47 Å². The topological polar surface area (TPSA) is 89.5 Å². The molecule has 7 nitrogen and oxygen atoms in total. The number of nitrogens with zero attached hydrogens (tertiary/aromatic N) is 4. The van der Waals surface area contributed by atoms with Gasteiger partial charge in [0.25, 0.3) is 5.56 Å². The van der Waals surface area contributed by atoms with Crippen molar-refractivity contribution in [1.82, 2.24) is 9.66 Å². The van der Waals surface area contributed by atoms with Crippen molar-refractivity contribution in [3.05, 3.63) is 96.4 Å². The highest BCUT2D eigenvalue weighted by Gasteiger charge is 2.16. The number of aromatic nitrogens is 2. The van der Waals surface area contributed by atoms with Crippen LogP contribution >= 0.6 is 31.9 Å². The summed E-state index contributed by atoms with van der Waals surface area (Å²) in [6.45, 7) is 4.28. The van der Waals surface area contributed by atoms with E-state index in [0.717, 1.165) is 16.5 Å². The second-order valence-corrected chi connectivity index (χ2v) is 10.2. The maximum Gasteiger partial charge on any atom is 0.282 e. The van der Waals surface area contributed by atoms with E-state index in [-0.39, 0.29) is 18.1 Å². The lowest BCUT2D eigenvalue weighted by atomic mass is 10.1. The summed E-state index contributed by atoms with van der Waals surface area (Å²) in [5.41, 5.74) is 2.43. The molecule has 0 saturated carbocycles. The Morgan fingerprint density at radius 1 is 1.16 bits per heavy atom. The first-order valence-corrected chi connectivity index (χ1v) is 13.2. The zero-order chi connectivity index (χ0) is 26.5. The zero-order valence-electron chi connectivity index (χ0n) is 20.5. The Labute approximate surface area is 231 Å². The van der Waals surface area contributed by atoms with Crippen molar-refractivity contribution >= 4 is 49.0 Å². The molecule has 9 heteroatoms. The molecular formula is C28H24Br2N4O3. The summed E-state index contributed by atoms with van der Waals surface area (Å²) in [6, 6.07) is 18.5. The van der Waals surface area contributed by atoms with Crippen LogP contribution in [0.15, 0.2) is 73.4 Å². The molecule has 0 spiro atoms. The molecule has 0 aliphatic rings. The minimum atomic E-state index is -0.239. The summed E-state index contributed by atoms with van der Waals surface area (Å²) in [4.78, 5) is 18.1. The molecule has 0 aliphatic heterocycles. The first-order valence-electron chi connectivity index (χ1n) is 11.6. The van der Waals surface area contributed by atoms with Crippen molar-refractivity contribution in [3.63, 3.8) is 0 Å². The van der Waals surface area contributed by atoms with E-state index in [4.69, 9.17) is 14.5 Å². The van der Waals surface area contributed by atoms with E-state index in [1.165, 1.54) is 4.68 Å². The van der Waals surface area contributed by atoms with Crippen LogP contribution in [0.4, 0.5) is 0 Å². The van der Waals surface area contributed by atoms with E-state index in [1.807, 2.05) is 44.2 Å². The SMILES string of the molecule is CC[C@H](C)c1nc2ccc(Br)cc2c(=O)n1N=Cc1cc(OC)c(OCc2ccccc2C#N)cc1Br. The fraction of sp³-hybridized carbons (Fsp3) is 0.214. The Balaban J connectivity index is 1.71. The lowest BCUT2D eigenvalue weighted by molar-refractivity contribution is 0.284. The van der Waals surface area contributed by atoms with Crippen LogP contribution in [0, 0.1) is 11.3 Å². The maximum atomic E-state index is 13.4. The standard InChI is InChI=1S/C28H24Br2N4O3/c1-4-17(2)27-33-24-10-9-21(29)12-22(24)28(35)34(27)32-15-20-11-25(36-3)26(13-23(20)30)37-16-19-8-6-5-7-18(19)14-31/h5-13,15,17H,4,16H2,1-3H3/t17-/m0/s1. The number of fused-ring (bicyclic) bond motifs is 1. The molecule has 0 aliphatic carbocycles. The number of rotatable bonds is 8. The fourth-order valence-electron chi connectivity index (χ4n) is 3.73. The number of nitriles is 1. The molecule has 188 valence electrons. The van der Waals surface area contributed by atoms with Crippen LogP contribution in [0.25, 0.3) is 10.9 Å². The molecule has 1 atom stereocenters. The van der Waals surface area contributed by atoms with Gasteiger partial charge in [-0.15, -0.1) is 0 Å². The molecule has 0 unspecified atom stereocenters. The molecular weight excluding hydrogens is 600 g/mol. The normalized spacial score (nSPS) is 12.0. The molecule has 4 aromatic rings. The van der Waals surface area contributed by atoms with Gasteiger partial charge in [0.15, 0.2) is 11.5 Å². The van der Waals surface area contributed by atoms with Gasteiger partial charge in [-0.3, -0.25) is 4.79 Å². The van der Waals surface area contributed by atoms with Crippen LogP contribution in [0.1, 0.15) is 48.7 Å². The molecule has 4 rings (SSSR count). The Morgan fingerprint density at radius 3 is 2.68 bits per heavy atom. The second-order valence-electron chi connectivity index (χ2n) is 8.38. The van der Waals surface area contributed by atoms with Crippen LogP contribution in [0.3, 0.4) is 0 Å². The molecule has 0 saturated heterocycles. The lowest BCUT2D eigenvalue weighted by Crippen LogP contribution is -2.23. The van der Waals surface area contributed by atoms with E-state index in [2.05, 4.69) is 43.0 Å². The van der Waals surface area contributed by atoms with E-state index >= 15 is 0 Å². The van der Waals surface area contributed by atoms with Gasteiger partial charge in [-0.1, -0.05) is 48.0 Å². The quantitative estimate of drug-likeness (QED) is 0.202. The van der Waals surface area contributed by atoms with Crippen LogP contribution in [-0.2, 0) is 6.61 Å². The van der Waals surface area contributed by atoms with Crippen LogP contribution in [0.2, 0.25) is 0 Å². The third kappa shape index (κ3) is 5.76. The predicted octanol–water partition coefficient (Wildman–Crippen LogP) is 6.78. The predicted molar refractivity (Wildman–Crippen MR) is 152 cm³/mol. The van der Waals surface area contributed by atoms with Gasteiger partial charge in [0.05, 0.1) is 35.9 Å². The molecule has 1 aromatic heterocycles. The molecule has 0 N–H and O–H groups in total. The van der Waals surface area contributed by atoms with Crippen LogP contribution in [-0.4, -0.2) is 23.0 Å². The third-order valence-electron chi connectivity index (χ3n) is 6.00. The smallest absolute Gasteiger partial charge is 0.282 e. The first kappa shape index (κ1) is 26.6. The fourth-order valence-corrected chi connectivity index (χ4v) is 4.52. The van der Waals surface area contributed by atoms with Crippen molar-refractivity contribution in [3.8, 4) is 17.6 Å². The first-order chi connectivity index (χ1) is 17.9. The summed E-state index contributed by atoms with van der Waals surface area (Å²) in [5, 5.41) is 14.4. The van der Waals surface area contributed by atoms with Crippen molar-refractivity contribution in [2.45, 2.75) is 32.8 Å². The summed E-state index contributed by atoms with van der Waals surface area (Å²) in [5.74, 6) is 1.63. The number of halogens is 2. The second kappa shape index (κ2) is 11.7. The van der Waals surface area contributed by atoms with E-state index in [9.17, 15) is 10.1 Å². The Morgan fingerprint density at radius 2 is 1.95 bits per heavy atom. The van der Waals surface area contributed by atoms with Gasteiger partial charge < -0.3 is 9.47 Å². The lowest BCUT2D eigenvalue weighted by Gasteiger charge is -2.15. The van der Waals surface area contributed by atoms with Gasteiger partial charge in [0.2, 0.25) is 0 Å². The molecule has 37 heavy (non-hydrogen) atoms. The number of hydrogen-bond acceptors (Lipinski definition) is 6. The summed E-state index contributed by atoms with van der Waals surface area (Å²) >= 11 is 7.01. The molecule has 0 amide bonds. The van der Waals surface area contributed by atoms with Crippen molar-refractivity contribution in [1.29, 1.82) is 5.26 Å². The average Bonchev–Trinajstić information content (AvgIpc) is 2.91. The summed E-state index contributed by atoms with van der Waals surface area (Å²) in [6.07, 6.45) is 2.41. The Kier molecular flexibility index (Phi) is 8.41. The number of hydrogen-bond donors (Lipinski definition) is 0. The number of benzene rings is 3. The highest BCUT2D eigenvalue weighted by atomic mass is 79.9. The molecule has 0 radical (unpaired) electrons. The van der Waals surface area contributed by atoms with Gasteiger partial charge in [-0.25, -0.2) is 4.98 Å². The maximum absolute atomic E-state index is 13.4. The van der Waals surface area contributed by atoms with Gasteiger partial charge in [-0.05, 0) is 58.7 Å². The van der Waals surface area contributed by atoms with E-state index in [0.29, 0.717) is 43.8 Å². The number of ether oxygens (including phenoxy) is 2.